The van der Waals surface area contributed by atoms with E-state index in [1.807, 2.05) is 31.2 Å². The fourth-order valence-corrected chi connectivity index (χ4v) is 6.37. The molecule has 7 heteroatoms. The van der Waals surface area contributed by atoms with E-state index in [1.165, 1.54) is 4.90 Å². The summed E-state index contributed by atoms with van der Waals surface area (Å²) >= 11 is 0. The maximum atomic E-state index is 13.0. The fourth-order valence-electron chi connectivity index (χ4n) is 6.37. The van der Waals surface area contributed by atoms with Gasteiger partial charge in [-0.2, -0.15) is 0 Å². The van der Waals surface area contributed by atoms with Gasteiger partial charge in [0.1, 0.15) is 5.75 Å². The number of carbonyl (C=O) groups is 4. The van der Waals surface area contributed by atoms with Crippen molar-refractivity contribution in [3.63, 3.8) is 0 Å². The number of rotatable bonds is 4. The van der Waals surface area contributed by atoms with Crippen LogP contribution in [0.4, 0.5) is 11.4 Å². The molecule has 0 N–H and O–H groups in total. The maximum Gasteiger partial charge on any atom is 0.316 e. The molecule has 2 saturated carbocycles. The molecule has 2 aliphatic carbocycles. The van der Waals surface area contributed by atoms with Gasteiger partial charge in [-0.05, 0) is 74.4 Å². The highest BCUT2D eigenvalue weighted by Crippen LogP contribution is 2.56. The summed E-state index contributed by atoms with van der Waals surface area (Å²) in [4.78, 5) is 54.1. The zero-order chi connectivity index (χ0) is 23.6. The fraction of sp³-hybridized carbons (Fsp3) is 0.407. The molecule has 2 heterocycles. The summed E-state index contributed by atoms with van der Waals surface area (Å²) in [6.07, 6.45) is 3.18. The normalized spacial score (nSPS) is 29.8. The van der Waals surface area contributed by atoms with Crippen molar-refractivity contribution in [3.05, 3.63) is 54.1 Å². The average Bonchev–Trinajstić information content (AvgIpc) is 3.59. The van der Waals surface area contributed by atoms with Crippen molar-refractivity contribution >= 4 is 35.1 Å². The van der Waals surface area contributed by atoms with Crippen molar-refractivity contribution in [1.29, 1.82) is 0 Å². The Morgan fingerprint density at radius 2 is 1.44 bits per heavy atom. The smallest absolute Gasteiger partial charge is 0.316 e. The highest BCUT2D eigenvalue weighted by atomic mass is 16.5. The van der Waals surface area contributed by atoms with Gasteiger partial charge in [0.25, 0.3) is 0 Å². The van der Waals surface area contributed by atoms with Gasteiger partial charge >= 0.3 is 5.97 Å². The molecule has 4 fully saturated rings. The predicted octanol–water partition coefficient (Wildman–Crippen LogP) is 3.49. The summed E-state index contributed by atoms with van der Waals surface area (Å²) in [5, 5.41) is 0. The number of carbonyl (C=O) groups excluding carboxylic acids is 4. The van der Waals surface area contributed by atoms with Gasteiger partial charge in [0, 0.05) is 18.7 Å². The summed E-state index contributed by atoms with van der Waals surface area (Å²) in [5.41, 5.74) is 2.39. The molecule has 2 aliphatic heterocycles. The van der Waals surface area contributed by atoms with Crippen molar-refractivity contribution in [2.24, 2.45) is 29.6 Å². The Kier molecular flexibility index (Phi) is 4.83. The molecule has 174 valence electrons. The van der Waals surface area contributed by atoms with E-state index in [9.17, 15) is 19.2 Å². The lowest BCUT2D eigenvalue weighted by molar-refractivity contribution is -0.139. The van der Waals surface area contributed by atoms with E-state index in [0.717, 1.165) is 30.5 Å². The van der Waals surface area contributed by atoms with Gasteiger partial charge in [-0.25, -0.2) is 0 Å². The largest absolute Gasteiger partial charge is 0.426 e. The van der Waals surface area contributed by atoms with Crippen molar-refractivity contribution in [3.8, 4) is 5.75 Å². The predicted molar refractivity (Wildman–Crippen MR) is 124 cm³/mol. The van der Waals surface area contributed by atoms with Crippen LogP contribution in [0.5, 0.6) is 5.75 Å². The number of aryl methyl sites for hydroxylation is 1. The molecular formula is C27H26N2O5. The number of benzene rings is 2. The Bertz CT molecular complexity index is 1160. The minimum Gasteiger partial charge on any atom is -0.426 e. The number of ether oxygens (including phenoxy) is 1. The number of amides is 3. The summed E-state index contributed by atoms with van der Waals surface area (Å²) in [5.74, 6) is -0.627. The molecule has 3 amide bonds. The molecule has 0 aromatic heterocycles. The van der Waals surface area contributed by atoms with E-state index in [0.29, 0.717) is 23.3 Å². The number of imide groups is 1. The Balaban J connectivity index is 1.12. The third-order valence-electron chi connectivity index (χ3n) is 8.04. The Labute approximate surface area is 197 Å². The summed E-state index contributed by atoms with van der Waals surface area (Å²) in [7, 11) is 0. The molecule has 0 unspecified atom stereocenters. The molecule has 34 heavy (non-hydrogen) atoms. The van der Waals surface area contributed by atoms with Crippen LogP contribution in [0.25, 0.3) is 0 Å². The molecule has 0 radical (unpaired) electrons. The second-order valence-electron chi connectivity index (χ2n) is 10.1. The first-order valence-electron chi connectivity index (χ1n) is 12.0. The number of esters is 1. The summed E-state index contributed by atoms with van der Waals surface area (Å²) in [6.45, 7) is 2.26. The zero-order valence-electron chi connectivity index (χ0n) is 19.0. The van der Waals surface area contributed by atoms with Gasteiger partial charge in [-0.3, -0.25) is 24.1 Å². The monoisotopic (exact) mass is 458 g/mol. The number of hydrogen-bond acceptors (Lipinski definition) is 5. The number of hydrogen-bond donors (Lipinski definition) is 0. The second-order valence-corrected chi connectivity index (χ2v) is 10.1. The van der Waals surface area contributed by atoms with Crippen molar-refractivity contribution in [1.82, 2.24) is 0 Å². The van der Waals surface area contributed by atoms with Crippen LogP contribution in [0.3, 0.4) is 0 Å². The number of nitrogens with zero attached hydrogens (tertiary/aromatic N) is 2. The molecule has 6 rings (SSSR count). The van der Waals surface area contributed by atoms with E-state index in [1.54, 1.807) is 29.2 Å². The quantitative estimate of drug-likeness (QED) is 0.398. The van der Waals surface area contributed by atoms with Gasteiger partial charge in [0.05, 0.1) is 23.4 Å². The van der Waals surface area contributed by atoms with Crippen LogP contribution < -0.4 is 14.5 Å². The van der Waals surface area contributed by atoms with Crippen LogP contribution in [0.15, 0.2) is 48.5 Å². The van der Waals surface area contributed by atoms with E-state index >= 15 is 0 Å². The van der Waals surface area contributed by atoms with E-state index in [4.69, 9.17) is 4.74 Å². The highest BCUT2D eigenvalue weighted by Gasteiger charge is 2.61. The SMILES string of the molecule is Cc1ccc(N2C[C@@H](C(=O)Oc3ccc(N4C(=O)[C@@H]5[C@H]6CC[C@@H](C6)[C@@H]5C4=O)cc3)CC2=O)cc1. The zero-order valence-corrected chi connectivity index (χ0v) is 19.0. The lowest BCUT2D eigenvalue weighted by Crippen LogP contribution is -2.32. The van der Waals surface area contributed by atoms with E-state index in [-0.39, 0.29) is 42.5 Å². The molecule has 2 bridgehead atoms. The molecule has 0 spiro atoms. The topological polar surface area (TPSA) is 84.0 Å². The Hall–Kier alpha value is -3.48. The van der Waals surface area contributed by atoms with Crippen LogP contribution in [0.1, 0.15) is 31.2 Å². The number of anilines is 2. The molecule has 2 aromatic rings. The molecule has 2 saturated heterocycles. The first-order valence-corrected chi connectivity index (χ1v) is 12.0. The van der Waals surface area contributed by atoms with Crippen LogP contribution in [-0.2, 0) is 19.2 Å². The molecule has 4 aliphatic rings. The van der Waals surface area contributed by atoms with Gasteiger partial charge in [0.2, 0.25) is 17.7 Å². The minimum atomic E-state index is -0.551. The van der Waals surface area contributed by atoms with E-state index in [2.05, 4.69) is 0 Å². The summed E-state index contributed by atoms with van der Waals surface area (Å²) in [6, 6.07) is 14.1. The van der Waals surface area contributed by atoms with Crippen LogP contribution in [-0.4, -0.2) is 30.2 Å². The first kappa shape index (κ1) is 21.1. The van der Waals surface area contributed by atoms with Gasteiger partial charge < -0.3 is 9.64 Å². The lowest BCUT2D eigenvalue weighted by atomic mass is 9.81. The van der Waals surface area contributed by atoms with Crippen molar-refractivity contribution in [2.75, 3.05) is 16.3 Å². The highest BCUT2D eigenvalue weighted by molar-refractivity contribution is 6.22. The number of fused-ring (bicyclic) bond motifs is 5. The van der Waals surface area contributed by atoms with Crippen molar-refractivity contribution in [2.45, 2.75) is 32.6 Å². The molecular weight excluding hydrogens is 432 g/mol. The van der Waals surface area contributed by atoms with Crippen LogP contribution in [0, 0.1) is 36.5 Å². The Morgan fingerprint density at radius 1 is 0.853 bits per heavy atom. The van der Waals surface area contributed by atoms with Crippen molar-refractivity contribution < 1.29 is 23.9 Å². The van der Waals surface area contributed by atoms with Gasteiger partial charge in [-0.1, -0.05) is 17.7 Å². The first-order chi connectivity index (χ1) is 16.4. The summed E-state index contributed by atoms with van der Waals surface area (Å²) < 4.78 is 5.53. The molecule has 7 nitrogen and oxygen atoms in total. The van der Waals surface area contributed by atoms with Gasteiger partial charge in [-0.15, -0.1) is 0 Å². The average molecular weight is 459 g/mol. The standard InChI is InChI=1S/C27H26N2O5/c1-15-2-6-19(7-3-15)28-14-18(13-22(28)30)27(33)34-21-10-8-20(9-11-21)29-25(31)23-16-4-5-17(12-16)24(23)26(29)32/h2-3,6-11,16-18,23-24H,4-5,12-14H2,1H3/t16-,17-,18-,23-,24+/m0/s1. The lowest BCUT2D eigenvalue weighted by Gasteiger charge is -2.19. The third-order valence-corrected chi connectivity index (χ3v) is 8.04. The third kappa shape index (κ3) is 3.25. The van der Waals surface area contributed by atoms with Crippen LogP contribution >= 0.6 is 0 Å². The molecule has 2 aromatic carbocycles. The second kappa shape index (κ2) is 7.79. The van der Waals surface area contributed by atoms with E-state index < -0.39 is 11.9 Å². The molecule has 5 atom stereocenters. The van der Waals surface area contributed by atoms with Crippen LogP contribution in [0.2, 0.25) is 0 Å². The minimum absolute atomic E-state index is 0.0902. The van der Waals surface area contributed by atoms with Gasteiger partial charge in [0.15, 0.2) is 0 Å². The Morgan fingerprint density at radius 3 is 2.06 bits per heavy atom. The maximum absolute atomic E-state index is 13.0.